The Balaban J connectivity index is 1.82. The molecular weight excluding hydrogens is 362 g/mol. The lowest BCUT2D eigenvalue weighted by molar-refractivity contribution is 0.306. The molecule has 0 unspecified atom stereocenters. The number of aromatic nitrogens is 1. The monoisotopic (exact) mass is 383 g/mol. The highest BCUT2D eigenvalue weighted by atomic mass is 32.2. The number of hydrogen-bond acceptors (Lipinski definition) is 4. The van der Waals surface area contributed by atoms with Gasteiger partial charge in [-0.15, -0.1) is 0 Å². The molecule has 2 aromatic carbocycles. The maximum absolute atomic E-state index is 11.9. The average Bonchev–Trinajstić information content (AvgIpc) is 2.64. The molecular formula is C21H21NO4S. The molecule has 0 aliphatic carbocycles. The minimum absolute atomic E-state index is 0.0167. The second kappa shape index (κ2) is 7.40. The van der Waals surface area contributed by atoms with Crippen LogP contribution in [0.5, 0.6) is 5.75 Å². The number of ether oxygens (including phenoxy) is 1. The molecule has 0 spiro atoms. The van der Waals surface area contributed by atoms with Crippen molar-refractivity contribution in [2.24, 2.45) is 7.05 Å². The lowest BCUT2D eigenvalue weighted by Gasteiger charge is -2.10. The number of sulfone groups is 1. The molecule has 0 aliphatic rings. The predicted molar refractivity (Wildman–Crippen MR) is 106 cm³/mol. The number of benzene rings is 2. The van der Waals surface area contributed by atoms with Crippen molar-refractivity contribution in [3.8, 4) is 16.9 Å². The number of rotatable bonds is 5. The van der Waals surface area contributed by atoms with E-state index in [1.165, 1.54) is 6.26 Å². The zero-order valence-electron chi connectivity index (χ0n) is 15.5. The van der Waals surface area contributed by atoms with Crippen molar-refractivity contribution in [1.82, 2.24) is 4.57 Å². The molecule has 0 N–H and O–H groups in total. The van der Waals surface area contributed by atoms with Crippen molar-refractivity contribution in [2.45, 2.75) is 18.4 Å². The fourth-order valence-electron chi connectivity index (χ4n) is 2.83. The minimum Gasteiger partial charge on any atom is -0.489 e. The minimum atomic E-state index is -3.25. The molecule has 0 amide bonds. The van der Waals surface area contributed by atoms with E-state index >= 15 is 0 Å². The van der Waals surface area contributed by atoms with Crippen molar-refractivity contribution in [2.75, 3.05) is 6.26 Å². The van der Waals surface area contributed by atoms with E-state index in [0.29, 0.717) is 11.3 Å². The van der Waals surface area contributed by atoms with Crippen molar-refractivity contribution in [3.63, 3.8) is 0 Å². The van der Waals surface area contributed by atoms with Crippen molar-refractivity contribution in [3.05, 3.63) is 82.3 Å². The SMILES string of the molecule is Cc1cc(-c2cccc(OCc3cccc(S(C)(=O)=O)c3)c2)cn(C)c1=O. The van der Waals surface area contributed by atoms with Gasteiger partial charge in [0.05, 0.1) is 4.90 Å². The molecule has 1 heterocycles. The van der Waals surface area contributed by atoms with Crippen LogP contribution in [0.25, 0.3) is 11.1 Å². The second-order valence-corrected chi connectivity index (χ2v) is 8.58. The first-order chi connectivity index (χ1) is 12.7. The van der Waals surface area contributed by atoms with Gasteiger partial charge in [-0.3, -0.25) is 4.79 Å². The van der Waals surface area contributed by atoms with E-state index < -0.39 is 9.84 Å². The molecule has 140 valence electrons. The standard InChI is InChI=1S/C21H21NO4S/c1-15-10-18(13-22(2)21(15)23)17-7-5-8-19(12-17)26-14-16-6-4-9-20(11-16)27(3,24)25/h4-13H,14H2,1-3H3. The zero-order valence-corrected chi connectivity index (χ0v) is 16.3. The van der Waals surface area contributed by atoms with Crippen LogP contribution >= 0.6 is 0 Å². The van der Waals surface area contributed by atoms with Crippen molar-refractivity contribution >= 4 is 9.84 Å². The Bertz CT molecular complexity index is 1120. The first-order valence-corrected chi connectivity index (χ1v) is 10.3. The van der Waals surface area contributed by atoms with Crippen LogP contribution in [-0.4, -0.2) is 19.2 Å². The van der Waals surface area contributed by atoms with Crippen molar-refractivity contribution < 1.29 is 13.2 Å². The number of nitrogens with zero attached hydrogens (tertiary/aromatic N) is 1. The van der Waals surface area contributed by atoms with Crippen LogP contribution in [0.3, 0.4) is 0 Å². The van der Waals surface area contributed by atoms with Crippen molar-refractivity contribution in [1.29, 1.82) is 0 Å². The summed E-state index contributed by atoms with van der Waals surface area (Å²) in [6.07, 6.45) is 2.98. The molecule has 5 nitrogen and oxygen atoms in total. The van der Waals surface area contributed by atoms with E-state index in [4.69, 9.17) is 4.74 Å². The summed E-state index contributed by atoms with van der Waals surface area (Å²) >= 11 is 0. The Labute approximate surface area is 158 Å². The van der Waals surface area contributed by atoms with Gasteiger partial charge < -0.3 is 9.30 Å². The quantitative estimate of drug-likeness (QED) is 0.678. The maximum atomic E-state index is 11.9. The molecule has 6 heteroatoms. The number of hydrogen-bond donors (Lipinski definition) is 0. The van der Waals surface area contributed by atoms with Gasteiger partial charge in [-0.2, -0.15) is 0 Å². The van der Waals surface area contributed by atoms with Crippen LogP contribution in [0.1, 0.15) is 11.1 Å². The van der Waals surface area contributed by atoms with E-state index in [0.717, 1.165) is 16.7 Å². The summed E-state index contributed by atoms with van der Waals surface area (Å²) in [5.74, 6) is 0.670. The van der Waals surface area contributed by atoms with Gasteiger partial charge in [0.2, 0.25) is 0 Å². The van der Waals surface area contributed by atoms with Gasteiger partial charge >= 0.3 is 0 Å². The third-order valence-corrected chi connectivity index (χ3v) is 5.37. The molecule has 3 aromatic rings. The summed E-state index contributed by atoms with van der Waals surface area (Å²) < 4.78 is 30.8. The Morgan fingerprint density at radius 1 is 1.00 bits per heavy atom. The predicted octanol–water partition coefficient (Wildman–Crippen LogP) is 3.34. The maximum Gasteiger partial charge on any atom is 0.253 e. The van der Waals surface area contributed by atoms with E-state index in [2.05, 4.69) is 0 Å². The number of pyridine rings is 1. The third-order valence-electron chi connectivity index (χ3n) is 4.26. The smallest absolute Gasteiger partial charge is 0.253 e. The first-order valence-electron chi connectivity index (χ1n) is 8.43. The van der Waals surface area contributed by atoms with E-state index in [-0.39, 0.29) is 17.1 Å². The molecule has 1 aromatic heterocycles. The average molecular weight is 383 g/mol. The lowest BCUT2D eigenvalue weighted by Crippen LogP contribution is -2.18. The van der Waals surface area contributed by atoms with E-state index in [9.17, 15) is 13.2 Å². The van der Waals surface area contributed by atoms with Gasteiger partial charge in [0, 0.05) is 25.1 Å². The second-order valence-electron chi connectivity index (χ2n) is 6.56. The van der Waals surface area contributed by atoms with Crippen LogP contribution in [0.15, 0.2) is 70.5 Å². The first kappa shape index (κ1) is 18.9. The largest absolute Gasteiger partial charge is 0.489 e. The summed E-state index contributed by atoms with van der Waals surface area (Å²) in [5.41, 5.74) is 3.31. The molecule has 0 atom stereocenters. The lowest BCUT2D eigenvalue weighted by atomic mass is 10.1. The normalized spacial score (nSPS) is 11.4. The van der Waals surface area contributed by atoms with Crippen LogP contribution in [0.2, 0.25) is 0 Å². The summed E-state index contributed by atoms with van der Waals surface area (Å²) in [6.45, 7) is 2.06. The Morgan fingerprint density at radius 2 is 1.74 bits per heavy atom. The molecule has 0 aliphatic heterocycles. The van der Waals surface area contributed by atoms with Gasteiger partial charge in [0.25, 0.3) is 5.56 Å². The van der Waals surface area contributed by atoms with Gasteiger partial charge in [-0.05, 0) is 53.9 Å². The van der Waals surface area contributed by atoms with Gasteiger partial charge in [-0.1, -0.05) is 24.3 Å². The Morgan fingerprint density at radius 3 is 2.44 bits per heavy atom. The van der Waals surface area contributed by atoms with E-state index in [1.807, 2.05) is 36.4 Å². The van der Waals surface area contributed by atoms with Crippen LogP contribution in [0.4, 0.5) is 0 Å². The fraction of sp³-hybridized carbons (Fsp3) is 0.190. The molecule has 0 bridgehead atoms. The van der Waals surface area contributed by atoms with Gasteiger partial charge in [0.1, 0.15) is 12.4 Å². The highest BCUT2D eigenvalue weighted by Crippen LogP contribution is 2.24. The van der Waals surface area contributed by atoms with Crippen LogP contribution in [0, 0.1) is 6.92 Å². The molecule has 0 saturated carbocycles. The highest BCUT2D eigenvalue weighted by Gasteiger charge is 2.08. The Kier molecular flexibility index (Phi) is 5.19. The molecule has 0 radical (unpaired) electrons. The fourth-order valence-corrected chi connectivity index (χ4v) is 3.52. The Hall–Kier alpha value is -2.86. The van der Waals surface area contributed by atoms with Gasteiger partial charge in [0.15, 0.2) is 9.84 Å². The van der Waals surface area contributed by atoms with Crippen LogP contribution in [-0.2, 0) is 23.5 Å². The molecule has 27 heavy (non-hydrogen) atoms. The van der Waals surface area contributed by atoms with E-state index in [1.54, 1.807) is 42.9 Å². The molecule has 0 fully saturated rings. The van der Waals surface area contributed by atoms with Gasteiger partial charge in [-0.25, -0.2) is 8.42 Å². The molecule has 0 saturated heterocycles. The topological polar surface area (TPSA) is 65.4 Å². The zero-order chi connectivity index (χ0) is 19.6. The molecule has 3 rings (SSSR count). The summed E-state index contributed by atoms with van der Waals surface area (Å²) in [5, 5.41) is 0. The third kappa shape index (κ3) is 4.46. The van der Waals surface area contributed by atoms with Crippen LogP contribution < -0.4 is 10.3 Å². The number of aryl methyl sites for hydroxylation is 2. The highest BCUT2D eigenvalue weighted by molar-refractivity contribution is 7.90. The summed E-state index contributed by atoms with van der Waals surface area (Å²) in [4.78, 5) is 12.1. The summed E-state index contributed by atoms with van der Waals surface area (Å²) in [7, 11) is -1.52. The summed E-state index contributed by atoms with van der Waals surface area (Å²) in [6, 6.07) is 16.2.